The van der Waals surface area contributed by atoms with Crippen LogP contribution in [0.25, 0.3) is 22.2 Å². The van der Waals surface area contributed by atoms with Crippen LogP contribution in [0.15, 0.2) is 60.8 Å². The maximum Gasteiger partial charge on any atom is 0.124 e. The molecule has 0 amide bonds. The number of hydrogen-bond acceptors (Lipinski definition) is 4. The molecule has 166 valence electrons. The Labute approximate surface area is 188 Å². The summed E-state index contributed by atoms with van der Waals surface area (Å²) < 4.78 is 12.0. The fourth-order valence-corrected chi connectivity index (χ4v) is 4.75. The van der Waals surface area contributed by atoms with Gasteiger partial charge in [0.25, 0.3) is 0 Å². The molecule has 6 heteroatoms. The van der Waals surface area contributed by atoms with Crippen molar-refractivity contribution in [3.05, 3.63) is 77.9 Å². The van der Waals surface area contributed by atoms with Crippen molar-refractivity contribution in [3.8, 4) is 11.3 Å². The van der Waals surface area contributed by atoms with Crippen LogP contribution in [0.1, 0.15) is 37.0 Å². The van der Waals surface area contributed by atoms with Gasteiger partial charge >= 0.3 is 0 Å². The first kappa shape index (κ1) is 20.9. The Balaban J connectivity index is 1.58. The topological polar surface area (TPSA) is 75.0 Å². The van der Waals surface area contributed by atoms with Crippen molar-refractivity contribution in [3.63, 3.8) is 0 Å². The number of nitrogens with one attached hydrogen (secondary N) is 3. The quantitative estimate of drug-likeness (QED) is 0.378. The van der Waals surface area contributed by atoms with Gasteiger partial charge in [-0.3, -0.25) is 5.32 Å². The zero-order valence-corrected chi connectivity index (χ0v) is 18.7. The van der Waals surface area contributed by atoms with Gasteiger partial charge in [-0.2, -0.15) is 0 Å². The number of aromatic nitrogens is 3. The molecular formula is C26H30N4O2. The summed E-state index contributed by atoms with van der Waals surface area (Å²) in [6, 6.07) is 18.8. The molecule has 0 saturated carbocycles. The molecule has 2 aromatic carbocycles. The van der Waals surface area contributed by atoms with E-state index < -0.39 is 5.54 Å². The molecule has 32 heavy (non-hydrogen) atoms. The number of aromatic amines is 2. The van der Waals surface area contributed by atoms with Gasteiger partial charge in [-0.05, 0) is 37.5 Å². The van der Waals surface area contributed by atoms with Crippen molar-refractivity contribution >= 4 is 10.9 Å². The number of nitrogens with zero attached hydrogens (tertiary/aromatic N) is 1. The molecule has 0 radical (unpaired) electrons. The molecule has 0 bridgehead atoms. The molecule has 1 atom stereocenters. The fourth-order valence-electron chi connectivity index (χ4n) is 4.75. The highest BCUT2D eigenvalue weighted by Gasteiger charge is 2.44. The Kier molecular flexibility index (Phi) is 5.83. The third-order valence-electron chi connectivity index (χ3n) is 6.27. The zero-order valence-electron chi connectivity index (χ0n) is 18.7. The van der Waals surface area contributed by atoms with Crippen LogP contribution in [-0.2, 0) is 21.4 Å². The minimum Gasteiger partial charge on any atom is -0.379 e. The van der Waals surface area contributed by atoms with Crippen molar-refractivity contribution in [1.82, 2.24) is 20.3 Å². The Bertz CT molecular complexity index is 1170. The van der Waals surface area contributed by atoms with E-state index in [0.717, 1.165) is 34.7 Å². The molecule has 0 aliphatic carbocycles. The van der Waals surface area contributed by atoms with Crippen LogP contribution >= 0.6 is 0 Å². The maximum atomic E-state index is 5.99. The van der Waals surface area contributed by atoms with Crippen LogP contribution in [0.3, 0.4) is 0 Å². The largest absolute Gasteiger partial charge is 0.379 e. The molecule has 5 rings (SSSR count). The minimum absolute atomic E-state index is 0.0140. The molecule has 0 spiro atoms. The van der Waals surface area contributed by atoms with Gasteiger partial charge < -0.3 is 19.4 Å². The molecule has 6 nitrogen and oxygen atoms in total. The predicted octanol–water partition coefficient (Wildman–Crippen LogP) is 4.71. The Morgan fingerprint density at radius 3 is 2.41 bits per heavy atom. The van der Waals surface area contributed by atoms with E-state index in [2.05, 4.69) is 51.7 Å². The Hall–Kier alpha value is -2.93. The minimum atomic E-state index is -0.483. The van der Waals surface area contributed by atoms with Gasteiger partial charge in [-0.15, -0.1) is 0 Å². The van der Waals surface area contributed by atoms with Crippen molar-refractivity contribution in [2.45, 2.75) is 31.8 Å². The van der Waals surface area contributed by atoms with E-state index in [1.54, 1.807) is 0 Å². The van der Waals surface area contributed by atoms with Crippen LogP contribution in [0.2, 0.25) is 0 Å². The number of H-pyrrole nitrogens is 2. The lowest BCUT2D eigenvalue weighted by atomic mass is 9.84. The van der Waals surface area contributed by atoms with Crippen LogP contribution in [0.5, 0.6) is 0 Å². The van der Waals surface area contributed by atoms with Crippen LogP contribution < -0.4 is 5.32 Å². The van der Waals surface area contributed by atoms with E-state index in [4.69, 9.17) is 14.5 Å². The van der Waals surface area contributed by atoms with Gasteiger partial charge in [-0.1, -0.05) is 48.5 Å². The predicted molar refractivity (Wildman–Crippen MR) is 127 cm³/mol. The van der Waals surface area contributed by atoms with Crippen LogP contribution in [-0.4, -0.2) is 41.4 Å². The number of fused-ring (bicyclic) bond motifs is 3. The second-order valence-corrected chi connectivity index (χ2v) is 8.33. The Morgan fingerprint density at radius 2 is 1.66 bits per heavy atom. The summed E-state index contributed by atoms with van der Waals surface area (Å²) in [5.41, 5.74) is 5.27. The molecule has 4 aromatic rings. The highest BCUT2D eigenvalue weighted by molar-refractivity contribution is 5.85. The molecule has 1 unspecified atom stereocenters. The summed E-state index contributed by atoms with van der Waals surface area (Å²) in [7, 11) is 0. The summed E-state index contributed by atoms with van der Waals surface area (Å²) in [5.74, 6) is 0.928. The lowest BCUT2D eigenvalue weighted by molar-refractivity contribution is -0.00289. The smallest absolute Gasteiger partial charge is 0.124 e. The average molecular weight is 431 g/mol. The standard InChI is InChI=1S/C26H30N4O2/c1-3-31-16-26(17-32-4-2)24-20(19-12-8-9-13-21(19)28-24)14-22(30-26)25-27-15-23(29-25)18-10-6-5-7-11-18/h5-13,15,22,28,30H,3-4,14,16-17H2,1-2H3,(H,27,29). The van der Waals surface area contributed by atoms with Crippen LogP contribution in [0.4, 0.5) is 0 Å². The Morgan fingerprint density at radius 1 is 0.938 bits per heavy atom. The van der Waals surface area contributed by atoms with Gasteiger partial charge in [0.05, 0.1) is 31.1 Å². The molecule has 0 fully saturated rings. The summed E-state index contributed by atoms with van der Waals surface area (Å²) in [6.45, 7) is 6.39. The number of hydrogen-bond donors (Lipinski definition) is 3. The lowest BCUT2D eigenvalue weighted by Crippen LogP contribution is -2.55. The van der Waals surface area contributed by atoms with E-state index in [0.29, 0.717) is 26.4 Å². The summed E-state index contributed by atoms with van der Waals surface area (Å²) in [6.07, 6.45) is 2.75. The first-order valence-electron chi connectivity index (χ1n) is 11.4. The first-order chi connectivity index (χ1) is 15.7. The third kappa shape index (κ3) is 3.75. The maximum absolute atomic E-state index is 5.99. The SMILES string of the molecule is CCOCC1(COCC)NC(c2ncc(-c3ccccc3)[nH]2)Cc2c1[nH]c1ccccc21. The molecule has 3 N–H and O–H groups in total. The van der Waals surface area contributed by atoms with Gasteiger partial charge in [0, 0.05) is 29.8 Å². The molecule has 2 aromatic heterocycles. The molecule has 3 heterocycles. The molecule has 1 aliphatic heterocycles. The van der Waals surface area contributed by atoms with Gasteiger partial charge in [0.15, 0.2) is 0 Å². The number of para-hydroxylation sites is 1. The van der Waals surface area contributed by atoms with Crippen molar-refractivity contribution in [1.29, 1.82) is 0 Å². The number of benzene rings is 2. The van der Waals surface area contributed by atoms with E-state index in [9.17, 15) is 0 Å². The number of rotatable bonds is 8. The summed E-state index contributed by atoms with van der Waals surface area (Å²) in [5, 5.41) is 5.11. The normalized spacial score (nSPS) is 17.5. The zero-order chi connectivity index (χ0) is 22.0. The van der Waals surface area contributed by atoms with Gasteiger partial charge in [-0.25, -0.2) is 4.98 Å². The van der Waals surface area contributed by atoms with Crippen molar-refractivity contribution in [2.24, 2.45) is 0 Å². The van der Waals surface area contributed by atoms with E-state index in [1.165, 1.54) is 10.9 Å². The third-order valence-corrected chi connectivity index (χ3v) is 6.27. The van der Waals surface area contributed by atoms with E-state index >= 15 is 0 Å². The summed E-state index contributed by atoms with van der Waals surface area (Å²) >= 11 is 0. The van der Waals surface area contributed by atoms with Crippen molar-refractivity contribution < 1.29 is 9.47 Å². The van der Waals surface area contributed by atoms with Gasteiger partial charge in [0.2, 0.25) is 0 Å². The highest BCUT2D eigenvalue weighted by atomic mass is 16.5. The lowest BCUT2D eigenvalue weighted by Gasteiger charge is -2.41. The molecule has 1 aliphatic rings. The van der Waals surface area contributed by atoms with Gasteiger partial charge in [0.1, 0.15) is 11.4 Å². The number of imidazole rings is 1. The average Bonchev–Trinajstić information content (AvgIpc) is 3.48. The second-order valence-electron chi connectivity index (χ2n) is 8.33. The van der Waals surface area contributed by atoms with E-state index in [-0.39, 0.29) is 6.04 Å². The number of ether oxygens (including phenoxy) is 2. The monoisotopic (exact) mass is 430 g/mol. The summed E-state index contributed by atoms with van der Waals surface area (Å²) in [4.78, 5) is 12.0. The van der Waals surface area contributed by atoms with Crippen molar-refractivity contribution in [2.75, 3.05) is 26.4 Å². The highest BCUT2D eigenvalue weighted by Crippen LogP contribution is 2.40. The van der Waals surface area contributed by atoms with Crippen LogP contribution in [0, 0.1) is 0 Å². The second kappa shape index (κ2) is 8.90. The van der Waals surface area contributed by atoms with E-state index in [1.807, 2.05) is 38.2 Å². The fraction of sp³-hybridized carbons (Fsp3) is 0.346. The molecule has 0 saturated heterocycles. The molecular weight excluding hydrogens is 400 g/mol. The first-order valence-corrected chi connectivity index (χ1v) is 11.4.